The third-order valence-corrected chi connectivity index (χ3v) is 4.29. The number of aliphatic imine (C=N–C) groups is 1. The van der Waals surface area contributed by atoms with Crippen LogP contribution in [0.15, 0.2) is 34.8 Å². The Bertz CT molecular complexity index is 607. The van der Waals surface area contributed by atoms with Gasteiger partial charge in [0.1, 0.15) is 5.75 Å². The number of nitrogens with zero attached hydrogens (tertiary/aromatic N) is 2. The zero-order valence-electron chi connectivity index (χ0n) is 13.2. The van der Waals surface area contributed by atoms with E-state index >= 15 is 0 Å². The van der Waals surface area contributed by atoms with Crippen molar-refractivity contribution in [2.75, 3.05) is 20.7 Å². The van der Waals surface area contributed by atoms with Crippen molar-refractivity contribution >= 4 is 17.3 Å². The molecule has 5 nitrogen and oxygen atoms in total. The first kappa shape index (κ1) is 16.3. The van der Waals surface area contributed by atoms with E-state index in [1.165, 1.54) is 10.4 Å². The number of aromatic nitrogens is 1. The smallest absolute Gasteiger partial charge is 0.191 e. The summed E-state index contributed by atoms with van der Waals surface area (Å²) in [5.74, 6) is 1.69. The molecule has 6 heteroatoms. The van der Waals surface area contributed by atoms with Crippen LogP contribution in [-0.4, -0.2) is 31.6 Å². The molecule has 2 N–H and O–H groups in total. The first-order chi connectivity index (χ1) is 10.7. The lowest BCUT2D eigenvalue weighted by molar-refractivity contribution is 0.414. The van der Waals surface area contributed by atoms with E-state index in [4.69, 9.17) is 4.74 Å². The summed E-state index contributed by atoms with van der Waals surface area (Å²) in [4.78, 5) is 9.71. The van der Waals surface area contributed by atoms with Crippen LogP contribution in [-0.2, 0) is 13.0 Å². The Morgan fingerprint density at radius 1 is 1.27 bits per heavy atom. The van der Waals surface area contributed by atoms with E-state index in [1.54, 1.807) is 25.5 Å². The number of ether oxygens (including phenoxy) is 1. The van der Waals surface area contributed by atoms with E-state index in [0.29, 0.717) is 0 Å². The van der Waals surface area contributed by atoms with E-state index in [1.807, 2.05) is 24.6 Å². The summed E-state index contributed by atoms with van der Waals surface area (Å²) in [6.07, 6.45) is 0.935. The summed E-state index contributed by atoms with van der Waals surface area (Å²) in [6, 6.07) is 8.12. The van der Waals surface area contributed by atoms with Gasteiger partial charge in [0, 0.05) is 18.5 Å². The molecule has 0 saturated heterocycles. The van der Waals surface area contributed by atoms with Gasteiger partial charge < -0.3 is 15.4 Å². The SMILES string of the molecule is CN=C(NCCc1ccc(OC)cc1)NCc1scnc1C. The van der Waals surface area contributed by atoms with Crippen molar-refractivity contribution in [3.8, 4) is 5.75 Å². The first-order valence-electron chi connectivity index (χ1n) is 7.19. The van der Waals surface area contributed by atoms with Gasteiger partial charge in [-0.05, 0) is 31.0 Å². The van der Waals surface area contributed by atoms with Crippen LogP contribution < -0.4 is 15.4 Å². The maximum atomic E-state index is 5.16. The Labute approximate surface area is 135 Å². The van der Waals surface area contributed by atoms with Crippen LogP contribution in [0.4, 0.5) is 0 Å². The number of benzene rings is 1. The maximum Gasteiger partial charge on any atom is 0.191 e. The van der Waals surface area contributed by atoms with Crippen LogP contribution in [0.3, 0.4) is 0 Å². The summed E-state index contributed by atoms with van der Waals surface area (Å²) < 4.78 is 5.16. The van der Waals surface area contributed by atoms with Crippen LogP contribution in [0.2, 0.25) is 0 Å². The highest BCUT2D eigenvalue weighted by molar-refractivity contribution is 7.09. The fourth-order valence-electron chi connectivity index (χ4n) is 2.00. The second-order valence-electron chi connectivity index (χ2n) is 4.81. The van der Waals surface area contributed by atoms with Gasteiger partial charge in [0.05, 0.1) is 24.9 Å². The summed E-state index contributed by atoms with van der Waals surface area (Å²) >= 11 is 1.66. The average molecular weight is 318 g/mol. The van der Waals surface area contributed by atoms with Crippen LogP contribution in [0.1, 0.15) is 16.1 Å². The molecule has 0 atom stereocenters. The van der Waals surface area contributed by atoms with Gasteiger partial charge in [-0.2, -0.15) is 0 Å². The zero-order valence-corrected chi connectivity index (χ0v) is 14.0. The summed E-state index contributed by atoms with van der Waals surface area (Å²) in [5, 5.41) is 6.63. The van der Waals surface area contributed by atoms with E-state index < -0.39 is 0 Å². The molecular formula is C16H22N4OS. The molecule has 1 heterocycles. The number of rotatable bonds is 6. The second kappa shape index (κ2) is 8.38. The fourth-order valence-corrected chi connectivity index (χ4v) is 2.71. The van der Waals surface area contributed by atoms with Gasteiger partial charge in [0.25, 0.3) is 0 Å². The van der Waals surface area contributed by atoms with Crippen molar-refractivity contribution in [3.63, 3.8) is 0 Å². The van der Waals surface area contributed by atoms with Crippen LogP contribution in [0.25, 0.3) is 0 Å². The predicted octanol–water partition coefficient (Wildman–Crippen LogP) is 2.37. The minimum absolute atomic E-state index is 0.749. The standard InChI is InChI=1S/C16H22N4OS/c1-12-15(22-11-20-12)10-19-16(17-2)18-9-8-13-4-6-14(21-3)7-5-13/h4-7,11H,8-10H2,1-3H3,(H2,17,18,19). The lowest BCUT2D eigenvalue weighted by Crippen LogP contribution is -2.37. The minimum Gasteiger partial charge on any atom is -0.497 e. The van der Waals surface area contributed by atoms with Crippen molar-refractivity contribution in [3.05, 3.63) is 45.9 Å². The molecule has 0 aliphatic heterocycles. The largest absolute Gasteiger partial charge is 0.497 e. The van der Waals surface area contributed by atoms with E-state index in [9.17, 15) is 0 Å². The minimum atomic E-state index is 0.749. The third-order valence-electron chi connectivity index (χ3n) is 3.35. The van der Waals surface area contributed by atoms with Crippen LogP contribution in [0, 0.1) is 6.92 Å². The number of methoxy groups -OCH3 is 1. The molecule has 2 aromatic rings. The van der Waals surface area contributed by atoms with Crippen molar-refractivity contribution in [1.29, 1.82) is 0 Å². The molecule has 0 radical (unpaired) electrons. The van der Waals surface area contributed by atoms with Crippen molar-refractivity contribution in [2.24, 2.45) is 4.99 Å². The fraction of sp³-hybridized carbons (Fsp3) is 0.375. The highest BCUT2D eigenvalue weighted by Crippen LogP contribution is 2.12. The molecule has 118 valence electrons. The van der Waals surface area contributed by atoms with Crippen molar-refractivity contribution in [1.82, 2.24) is 15.6 Å². The highest BCUT2D eigenvalue weighted by Gasteiger charge is 2.03. The van der Waals surface area contributed by atoms with Crippen LogP contribution in [0.5, 0.6) is 5.75 Å². The van der Waals surface area contributed by atoms with Crippen LogP contribution >= 0.6 is 11.3 Å². The summed E-state index contributed by atoms with van der Waals surface area (Å²) in [7, 11) is 3.46. The Hall–Kier alpha value is -2.08. The van der Waals surface area contributed by atoms with Gasteiger partial charge in [-0.25, -0.2) is 4.98 Å². The van der Waals surface area contributed by atoms with E-state index in [2.05, 4.69) is 32.7 Å². The van der Waals surface area contributed by atoms with Gasteiger partial charge in [-0.15, -0.1) is 11.3 Å². The second-order valence-corrected chi connectivity index (χ2v) is 5.75. The van der Waals surface area contributed by atoms with E-state index in [0.717, 1.165) is 36.9 Å². The van der Waals surface area contributed by atoms with Crippen molar-refractivity contribution in [2.45, 2.75) is 19.9 Å². The zero-order chi connectivity index (χ0) is 15.8. The number of hydrogen-bond donors (Lipinski definition) is 2. The number of aryl methyl sites for hydroxylation is 1. The van der Waals surface area contributed by atoms with Gasteiger partial charge in [0.2, 0.25) is 0 Å². The molecule has 1 aromatic heterocycles. The Morgan fingerprint density at radius 2 is 2.05 bits per heavy atom. The number of nitrogens with one attached hydrogen (secondary N) is 2. The molecule has 0 unspecified atom stereocenters. The summed E-state index contributed by atoms with van der Waals surface area (Å²) in [6.45, 7) is 3.60. The molecule has 0 saturated carbocycles. The van der Waals surface area contributed by atoms with Gasteiger partial charge in [-0.1, -0.05) is 12.1 Å². The Morgan fingerprint density at radius 3 is 2.64 bits per heavy atom. The Kier molecular flexibility index (Phi) is 6.21. The molecular weight excluding hydrogens is 296 g/mol. The first-order valence-corrected chi connectivity index (χ1v) is 8.07. The van der Waals surface area contributed by atoms with Crippen molar-refractivity contribution < 1.29 is 4.74 Å². The monoisotopic (exact) mass is 318 g/mol. The predicted molar refractivity (Wildman–Crippen MR) is 91.8 cm³/mol. The van der Waals surface area contributed by atoms with Gasteiger partial charge >= 0.3 is 0 Å². The Balaban J connectivity index is 1.75. The molecule has 0 bridgehead atoms. The maximum absolute atomic E-state index is 5.16. The molecule has 1 aromatic carbocycles. The molecule has 0 aliphatic rings. The number of thiazole rings is 1. The van der Waals surface area contributed by atoms with E-state index in [-0.39, 0.29) is 0 Å². The normalized spacial score (nSPS) is 11.3. The lowest BCUT2D eigenvalue weighted by atomic mass is 10.1. The van der Waals surface area contributed by atoms with Gasteiger partial charge in [-0.3, -0.25) is 4.99 Å². The number of guanidine groups is 1. The number of hydrogen-bond acceptors (Lipinski definition) is 4. The van der Waals surface area contributed by atoms with Gasteiger partial charge in [0.15, 0.2) is 5.96 Å². The molecule has 2 rings (SSSR count). The molecule has 0 aliphatic carbocycles. The highest BCUT2D eigenvalue weighted by atomic mass is 32.1. The molecule has 0 spiro atoms. The molecule has 22 heavy (non-hydrogen) atoms. The molecule has 0 fully saturated rings. The quantitative estimate of drug-likeness (QED) is 0.634. The average Bonchev–Trinajstić information content (AvgIpc) is 2.96. The third kappa shape index (κ3) is 4.73. The molecule has 0 amide bonds. The topological polar surface area (TPSA) is 58.5 Å². The lowest BCUT2D eigenvalue weighted by Gasteiger charge is -2.11. The summed E-state index contributed by atoms with van der Waals surface area (Å²) in [5.41, 5.74) is 4.21.